The average molecular weight is 372 g/mol. The third kappa shape index (κ3) is 3.71. The molecule has 5 heteroatoms. The second kappa shape index (κ2) is 7.56. The van der Waals surface area contributed by atoms with Gasteiger partial charge in [-0.05, 0) is 50.7 Å². The van der Waals surface area contributed by atoms with Gasteiger partial charge in [-0.3, -0.25) is 9.59 Å². The molecule has 27 heavy (non-hydrogen) atoms. The Balaban J connectivity index is 2.21. The van der Waals surface area contributed by atoms with Gasteiger partial charge in [0.25, 0.3) is 0 Å². The number of carbonyl (C=O) groups is 1. The summed E-state index contributed by atoms with van der Waals surface area (Å²) in [5.74, 6) is 0.402. The van der Waals surface area contributed by atoms with Gasteiger partial charge in [0.2, 0.25) is 0 Å². The van der Waals surface area contributed by atoms with Crippen LogP contribution in [0.4, 0.5) is 0 Å². The maximum Gasteiger partial charge on any atom is 0.193 e. The van der Waals surface area contributed by atoms with E-state index in [0.29, 0.717) is 29.6 Å². The molecule has 146 valence electrons. The molecule has 4 atom stereocenters. The molecule has 1 N–H and O–H groups in total. The molecule has 1 aromatic heterocycles. The van der Waals surface area contributed by atoms with Crippen LogP contribution in [-0.4, -0.2) is 23.1 Å². The summed E-state index contributed by atoms with van der Waals surface area (Å²) in [6, 6.07) is 3.40. The molecule has 1 aliphatic heterocycles. The first-order valence-corrected chi connectivity index (χ1v) is 9.62. The number of hydrogen-bond donors (Lipinski definition) is 1. The van der Waals surface area contributed by atoms with Crippen molar-refractivity contribution in [2.45, 2.75) is 72.2 Å². The largest absolute Gasteiger partial charge is 0.460 e. The van der Waals surface area contributed by atoms with E-state index in [2.05, 4.69) is 0 Å². The molecule has 0 bridgehead atoms. The topological polar surface area (TPSA) is 76.7 Å². The molecule has 2 aromatic rings. The molecule has 0 amide bonds. The molecule has 2 heterocycles. The lowest BCUT2D eigenvalue weighted by molar-refractivity contribution is -0.143. The number of ether oxygens (including phenoxy) is 1. The summed E-state index contributed by atoms with van der Waals surface area (Å²) < 4.78 is 12.3. The Hall–Kier alpha value is -1.98. The van der Waals surface area contributed by atoms with Crippen LogP contribution in [0.15, 0.2) is 21.3 Å². The fraction of sp³-hybridized carbons (Fsp3) is 0.545. The van der Waals surface area contributed by atoms with Crippen LogP contribution in [0.3, 0.4) is 0 Å². The summed E-state index contributed by atoms with van der Waals surface area (Å²) in [5.41, 5.74) is 3.08. The zero-order chi connectivity index (χ0) is 19.9. The van der Waals surface area contributed by atoms with Crippen molar-refractivity contribution in [2.75, 3.05) is 0 Å². The van der Waals surface area contributed by atoms with Crippen LogP contribution in [0.5, 0.6) is 0 Å². The Bertz CT molecular complexity index is 926. The SMILES string of the molecule is CCC1OC(c2c(C)cc(C)c3c(=O)cc(CC(C)=O)oc23)CC(C)C1O. The van der Waals surface area contributed by atoms with Gasteiger partial charge >= 0.3 is 0 Å². The third-order valence-corrected chi connectivity index (χ3v) is 5.53. The van der Waals surface area contributed by atoms with Gasteiger partial charge in [0, 0.05) is 11.6 Å². The second-order valence-corrected chi connectivity index (χ2v) is 7.86. The van der Waals surface area contributed by atoms with Crippen molar-refractivity contribution in [3.8, 4) is 0 Å². The minimum Gasteiger partial charge on any atom is -0.460 e. The predicted molar refractivity (Wildman–Crippen MR) is 104 cm³/mol. The van der Waals surface area contributed by atoms with Crippen molar-refractivity contribution in [1.29, 1.82) is 0 Å². The van der Waals surface area contributed by atoms with Crippen molar-refractivity contribution < 1.29 is 19.1 Å². The predicted octanol–water partition coefficient (Wildman–Crippen LogP) is 3.78. The molecule has 5 nitrogen and oxygen atoms in total. The van der Waals surface area contributed by atoms with E-state index in [-0.39, 0.29) is 35.8 Å². The van der Waals surface area contributed by atoms with E-state index in [0.717, 1.165) is 16.7 Å². The van der Waals surface area contributed by atoms with E-state index in [1.165, 1.54) is 13.0 Å². The lowest BCUT2D eigenvalue weighted by Gasteiger charge is -2.38. The van der Waals surface area contributed by atoms with E-state index in [1.807, 2.05) is 33.8 Å². The third-order valence-electron chi connectivity index (χ3n) is 5.53. The first-order valence-electron chi connectivity index (χ1n) is 9.62. The van der Waals surface area contributed by atoms with Crippen LogP contribution in [0.1, 0.15) is 62.2 Å². The first-order chi connectivity index (χ1) is 12.7. The summed E-state index contributed by atoms with van der Waals surface area (Å²) in [6.45, 7) is 9.37. The van der Waals surface area contributed by atoms with Gasteiger partial charge in [-0.15, -0.1) is 0 Å². The van der Waals surface area contributed by atoms with Crippen LogP contribution in [0.25, 0.3) is 11.0 Å². The fourth-order valence-electron chi connectivity index (χ4n) is 4.21. The van der Waals surface area contributed by atoms with Gasteiger partial charge in [-0.1, -0.05) is 19.9 Å². The molecule has 0 radical (unpaired) electrons. The quantitative estimate of drug-likeness (QED) is 0.884. The van der Waals surface area contributed by atoms with E-state index in [1.54, 1.807) is 0 Å². The monoisotopic (exact) mass is 372 g/mol. The molecule has 0 aliphatic carbocycles. The van der Waals surface area contributed by atoms with Crippen molar-refractivity contribution in [3.05, 3.63) is 44.8 Å². The molecule has 3 rings (SSSR count). The smallest absolute Gasteiger partial charge is 0.193 e. The molecule has 1 saturated heterocycles. The Morgan fingerprint density at radius 3 is 2.59 bits per heavy atom. The molecule has 0 saturated carbocycles. The van der Waals surface area contributed by atoms with Crippen molar-refractivity contribution in [3.63, 3.8) is 0 Å². The number of fused-ring (bicyclic) bond motifs is 1. The van der Waals surface area contributed by atoms with Gasteiger partial charge in [0.1, 0.15) is 17.1 Å². The number of benzene rings is 1. The van der Waals surface area contributed by atoms with Gasteiger partial charge in [0.15, 0.2) is 5.43 Å². The minimum absolute atomic E-state index is 0.0554. The van der Waals surface area contributed by atoms with Gasteiger partial charge in [0.05, 0.1) is 30.1 Å². The fourth-order valence-corrected chi connectivity index (χ4v) is 4.21. The van der Waals surface area contributed by atoms with Crippen molar-refractivity contribution in [1.82, 2.24) is 0 Å². The van der Waals surface area contributed by atoms with E-state index in [4.69, 9.17) is 9.15 Å². The summed E-state index contributed by atoms with van der Waals surface area (Å²) >= 11 is 0. The van der Waals surface area contributed by atoms with E-state index < -0.39 is 6.10 Å². The van der Waals surface area contributed by atoms with Crippen LogP contribution in [0, 0.1) is 19.8 Å². The van der Waals surface area contributed by atoms with Crippen LogP contribution in [-0.2, 0) is 16.0 Å². The Morgan fingerprint density at radius 1 is 1.26 bits per heavy atom. The van der Waals surface area contributed by atoms with E-state index >= 15 is 0 Å². The molecular formula is C22H28O5. The average Bonchev–Trinajstić information content (AvgIpc) is 2.56. The highest BCUT2D eigenvalue weighted by molar-refractivity contribution is 5.85. The second-order valence-electron chi connectivity index (χ2n) is 7.86. The Labute approximate surface area is 159 Å². The van der Waals surface area contributed by atoms with Crippen LogP contribution >= 0.6 is 0 Å². The van der Waals surface area contributed by atoms with E-state index in [9.17, 15) is 14.7 Å². The highest BCUT2D eigenvalue weighted by atomic mass is 16.5. The van der Waals surface area contributed by atoms with Crippen molar-refractivity contribution >= 4 is 16.8 Å². The Kier molecular flexibility index (Phi) is 5.54. The van der Waals surface area contributed by atoms with Crippen LogP contribution in [0.2, 0.25) is 0 Å². The highest BCUT2D eigenvalue weighted by Crippen LogP contribution is 2.40. The highest BCUT2D eigenvalue weighted by Gasteiger charge is 2.36. The number of carbonyl (C=O) groups excluding carboxylic acids is 1. The number of hydrogen-bond acceptors (Lipinski definition) is 5. The standard InChI is InChI=1S/C22H28O5/c1-6-17-21(25)13(4)8-18(27-17)20-12(3)7-11(2)19-16(24)10-15(9-14(5)23)26-22(19)20/h7,10,13,17-18,21,25H,6,8-9H2,1-5H3. The molecule has 0 spiro atoms. The van der Waals surface area contributed by atoms with Gasteiger partial charge in [-0.2, -0.15) is 0 Å². The number of aliphatic hydroxyl groups is 1. The molecule has 1 fully saturated rings. The zero-order valence-corrected chi connectivity index (χ0v) is 16.7. The lowest BCUT2D eigenvalue weighted by Crippen LogP contribution is -2.41. The maximum atomic E-state index is 12.7. The molecule has 1 aliphatic rings. The normalized spacial score (nSPS) is 25.7. The first kappa shape index (κ1) is 19.8. The number of aliphatic hydroxyl groups excluding tert-OH is 1. The number of ketones is 1. The summed E-state index contributed by atoms with van der Waals surface area (Å²) in [7, 11) is 0. The minimum atomic E-state index is -0.497. The number of aryl methyl sites for hydroxylation is 2. The molecular weight excluding hydrogens is 344 g/mol. The summed E-state index contributed by atoms with van der Waals surface area (Å²) in [4.78, 5) is 24.3. The molecule has 4 unspecified atom stereocenters. The van der Waals surface area contributed by atoms with Crippen LogP contribution < -0.4 is 5.43 Å². The maximum absolute atomic E-state index is 12.7. The van der Waals surface area contributed by atoms with Gasteiger partial charge < -0.3 is 14.3 Å². The summed E-state index contributed by atoms with van der Waals surface area (Å²) in [5, 5.41) is 10.9. The van der Waals surface area contributed by atoms with Gasteiger partial charge in [-0.25, -0.2) is 0 Å². The Morgan fingerprint density at radius 2 is 1.96 bits per heavy atom. The zero-order valence-electron chi connectivity index (χ0n) is 16.7. The molecule has 1 aromatic carbocycles. The number of rotatable bonds is 4. The van der Waals surface area contributed by atoms with Crippen molar-refractivity contribution in [2.24, 2.45) is 5.92 Å². The lowest BCUT2D eigenvalue weighted by atomic mass is 9.84. The number of Topliss-reactive ketones (excluding diaryl/α,β-unsaturated/α-hetero) is 1. The summed E-state index contributed by atoms with van der Waals surface area (Å²) in [6.07, 6.45) is 0.453.